The fourth-order valence-electron chi connectivity index (χ4n) is 2.79. The number of aryl methyl sites for hydroxylation is 4. The molecule has 0 aliphatic rings. The van der Waals surface area contributed by atoms with Gasteiger partial charge in [0.15, 0.2) is 5.78 Å². The van der Waals surface area contributed by atoms with Gasteiger partial charge >= 0.3 is 0 Å². The Morgan fingerprint density at radius 1 is 1.04 bits per heavy atom. The number of hydrogen-bond donors (Lipinski definition) is 0. The molecule has 0 fully saturated rings. The monoisotopic (exact) mass is 352 g/mol. The molecule has 3 rings (SSSR count). The summed E-state index contributed by atoms with van der Waals surface area (Å²) < 4.78 is 1.71. The molecular weight excluding hydrogens is 332 g/mol. The third-order valence-corrected chi connectivity index (χ3v) is 5.04. The van der Waals surface area contributed by atoms with Crippen LogP contribution in [0.15, 0.2) is 41.6 Å². The number of para-hydroxylation sites is 1. The van der Waals surface area contributed by atoms with Crippen LogP contribution >= 0.6 is 11.8 Å². The molecule has 0 atom stereocenters. The number of Topliss-reactive ketones (excluding diaryl/α,β-unsaturated/α-hetero) is 1. The maximum absolute atomic E-state index is 12.6. The standard InChI is InChI=1S/C19H20N4OS/c1-12-8-9-13(2)16(10-12)17(24)11-25-19-20-21-22-23(19)18-14(3)6-5-7-15(18)4/h5-10H,11H2,1-4H3. The second kappa shape index (κ2) is 7.19. The van der Waals surface area contributed by atoms with Crippen molar-refractivity contribution in [3.63, 3.8) is 0 Å². The smallest absolute Gasteiger partial charge is 0.214 e. The van der Waals surface area contributed by atoms with Crippen molar-refractivity contribution >= 4 is 17.5 Å². The number of carbonyl (C=O) groups is 1. The summed E-state index contributed by atoms with van der Waals surface area (Å²) >= 11 is 1.36. The highest BCUT2D eigenvalue weighted by molar-refractivity contribution is 7.99. The van der Waals surface area contributed by atoms with Crippen molar-refractivity contribution in [2.24, 2.45) is 0 Å². The molecule has 128 valence electrons. The third kappa shape index (κ3) is 3.64. The van der Waals surface area contributed by atoms with Gasteiger partial charge in [-0.1, -0.05) is 47.7 Å². The highest BCUT2D eigenvalue weighted by atomic mass is 32.2. The summed E-state index contributed by atoms with van der Waals surface area (Å²) in [5.41, 5.74) is 5.99. The van der Waals surface area contributed by atoms with Crippen molar-refractivity contribution in [3.8, 4) is 5.69 Å². The van der Waals surface area contributed by atoms with E-state index in [0.29, 0.717) is 10.9 Å². The summed E-state index contributed by atoms with van der Waals surface area (Å²) in [4.78, 5) is 12.6. The number of rotatable bonds is 5. The first-order valence-electron chi connectivity index (χ1n) is 8.05. The SMILES string of the molecule is Cc1ccc(C)c(C(=O)CSc2nnnn2-c2c(C)cccc2C)c1. The second-order valence-corrected chi connectivity index (χ2v) is 7.09. The first-order chi connectivity index (χ1) is 12.0. The summed E-state index contributed by atoms with van der Waals surface area (Å²) in [6, 6.07) is 12.0. The van der Waals surface area contributed by atoms with Crippen molar-refractivity contribution in [1.82, 2.24) is 20.2 Å². The zero-order valence-electron chi connectivity index (χ0n) is 14.8. The third-order valence-electron chi connectivity index (χ3n) is 4.12. The molecule has 25 heavy (non-hydrogen) atoms. The summed E-state index contributed by atoms with van der Waals surface area (Å²) in [6.07, 6.45) is 0. The quantitative estimate of drug-likeness (QED) is 0.515. The number of hydrogen-bond acceptors (Lipinski definition) is 5. The van der Waals surface area contributed by atoms with Gasteiger partial charge in [0.25, 0.3) is 0 Å². The molecule has 6 heteroatoms. The summed E-state index contributed by atoms with van der Waals surface area (Å²) in [7, 11) is 0. The molecule has 0 radical (unpaired) electrons. The van der Waals surface area contributed by atoms with Gasteiger partial charge in [-0.2, -0.15) is 4.68 Å². The largest absolute Gasteiger partial charge is 0.293 e. The Morgan fingerprint density at radius 3 is 2.48 bits per heavy atom. The van der Waals surface area contributed by atoms with E-state index in [4.69, 9.17) is 0 Å². The van der Waals surface area contributed by atoms with Crippen LogP contribution in [0.1, 0.15) is 32.6 Å². The lowest BCUT2D eigenvalue weighted by Crippen LogP contribution is -2.08. The van der Waals surface area contributed by atoms with Crippen molar-refractivity contribution in [3.05, 3.63) is 64.2 Å². The molecule has 5 nitrogen and oxygen atoms in total. The number of thioether (sulfide) groups is 1. The van der Waals surface area contributed by atoms with E-state index in [9.17, 15) is 4.79 Å². The summed E-state index contributed by atoms with van der Waals surface area (Å²) in [5, 5.41) is 12.6. The van der Waals surface area contributed by atoms with Crippen LogP contribution in [0.4, 0.5) is 0 Å². The first-order valence-corrected chi connectivity index (χ1v) is 9.04. The van der Waals surface area contributed by atoms with E-state index in [-0.39, 0.29) is 5.78 Å². The highest BCUT2D eigenvalue weighted by Gasteiger charge is 2.16. The molecule has 0 bridgehead atoms. The van der Waals surface area contributed by atoms with Crippen LogP contribution in [-0.2, 0) is 0 Å². The number of carbonyl (C=O) groups excluding carboxylic acids is 1. The van der Waals surface area contributed by atoms with Gasteiger partial charge in [-0.05, 0) is 60.9 Å². The Morgan fingerprint density at radius 2 is 1.76 bits per heavy atom. The maximum Gasteiger partial charge on any atom is 0.214 e. The molecular formula is C19H20N4OS. The molecule has 0 aliphatic carbocycles. The first kappa shape index (κ1) is 17.4. The Kier molecular flexibility index (Phi) is 4.99. The molecule has 1 heterocycles. The van der Waals surface area contributed by atoms with E-state index in [0.717, 1.165) is 33.5 Å². The Labute approximate surface area is 151 Å². The molecule has 0 saturated heterocycles. The van der Waals surface area contributed by atoms with Crippen molar-refractivity contribution in [2.45, 2.75) is 32.9 Å². The van der Waals surface area contributed by atoms with Crippen LogP contribution in [0.25, 0.3) is 5.69 Å². The number of ketones is 1. The number of benzene rings is 2. The Balaban J connectivity index is 1.83. The van der Waals surface area contributed by atoms with Gasteiger partial charge in [0.2, 0.25) is 5.16 Å². The van der Waals surface area contributed by atoms with Crippen LogP contribution in [0.5, 0.6) is 0 Å². The maximum atomic E-state index is 12.6. The van der Waals surface area contributed by atoms with Gasteiger partial charge in [-0.25, -0.2) is 0 Å². The van der Waals surface area contributed by atoms with Gasteiger partial charge in [-0.3, -0.25) is 4.79 Å². The Bertz CT molecular complexity index is 913. The van der Waals surface area contributed by atoms with E-state index >= 15 is 0 Å². The fourth-order valence-corrected chi connectivity index (χ4v) is 3.55. The summed E-state index contributed by atoms with van der Waals surface area (Å²) in [5.74, 6) is 0.387. The van der Waals surface area contributed by atoms with Crippen molar-refractivity contribution < 1.29 is 4.79 Å². The molecule has 0 N–H and O–H groups in total. The van der Waals surface area contributed by atoms with Gasteiger partial charge in [-0.15, -0.1) is 5.10 Å². The van der Waals surface area contributed by atoms with Crippen LogP contribution < -0.4 is 0 Å². The van der Waals surface area contributed by atoms with E-state index < -0.39 is 0 Å². The van der Waals surface area contributed by atoms with Gasteiger partial charge < -0.3 is 0 Å². The normalized spacial score (nSPS) is 10.9. The molecule has 0 amide bonds. The van der Waals surface area contributed by atoms with E-state index in [1.165, 1.54) is 11.8 Å². The molecule has 3 aromatic rings. The average molecular weight is 352 g/mol. The van der Waals surface area contributed by atoms with Crippen LogP contribution in [0.3, 0.4) is 0 Å². The van der Waals surface area contributed by atoms with Crippen LogP contribution in [-0.4, -0.2) is 31.7 Å². The summed E-state index contributed by atoms with van der Waals surface area (Å²) in [6.45, 7) is 8.00. The Hall–Kier alpha value is -2.47. The molecule has 0 unspecified atom stereocenters. The zero-order valence-corrected chi connectivity index (χ0v) is 15.6. The minimum atomic E-state index is 0.0854. The predicted octanol–water partition coefficient (Wildman–Crippen LogP) is 3.87. The predicted molar refractivity (Wildman–Crippen MR) is 99.6 cm³/mol. The lowest BCUT2D eigenvalue weighted by Gasteiger charge is -2.10. The lowest BCUT2D eigenvalue weighted by atomic mass is 10.0. The van der Waals surface area contributed by atoms with Crippen molar-refractivity contribution in [1.29, 1.82) is 0 Å². The van der Waals surface area contributed by atoms with Gasteiger partial charge in [0, 0.05) is 5.56 Å². The van der Waals surface area contributed by atoms with E-state index in [1.807, 2.05) is 64.1 Å². The fraction of sp³-hybridized carbons (Fsp3) is 0.263. The van der Waals surface area contributed by atoms with Crippen LogP contribution in [0.2, 0.25) is 0 Å². The molecule has 0 spiro atoms. The second-order valence-electron chi connectivity index (χ2n) is 6.14. The number of nitrogens with zero attached hydrogens (tertiary/aromatic N) is 4. The molecule has 1 aromatic heterocycles. The topological polar surface area (TPSA) is 60.7 Å². The average Bonchev–Trinajstić information content (AvgIpc) is 3.03. The van der Waals surface area contributed by atoms with E-state index in [2.05, 4.69) is 15.5 Å². The number of tetrazole rings is 1. The van der Waals surface area contributed by atoms with Crippen LogP contribution in [0, 0.1) is 27.7 Å². The highest BCUT2D eigenvalue weighted by Crippen LogP contribution is 2.24. The molecule has 2 aromatic carbocycles. The zero-order chi connectivity index (χ0) is 18.0. The van der Waals surface area contributed by atoms with Crippen molar-refractivity contribution in [2.75, 3.05) is 5.75 Å². The van der Waals surface area contributed by atoms with Gasteiger partial charge in [0.1, 0.15) is 0 Å². The van der Waals surface area contributed by atoms with E-state index in [1.54, 1.807) is 4.68 Å². The minimum absolute atomic E-state index is 0.0854. The van der Waals surface area contributed by atoms with Gasteiger partial charge in [0.05, 0.1) is 11.4 Å². The lowest BCUT2D eigenvalue weighted by molar-refractivity contribution is 0.102. The minimum Gasteiger partial charge on any atom is -0.293 e. The molecule has 0 aliphatic heterocycles. The number of aromatic nitrogens is 4. The molecule has 0 saturated carbocycles.